The van der Waals surface area contributed by atoms with Crippen LogP contribution < -0.4 is 10.5 Å². The summed E-state index contributed by atoms with van der Waals surface area (Å²) in [7, 11) is 0. The van der Waals surface area contributed by atoms with Gasteiger partial charge in [0, 0.05) is 6.20 Å². The fraction of sp³-hybridized carbons (Fsp3) is 0.125. The lowest BCUT2D eigenvalue weighted by Gasteiger charge is -2.01. The van der Waals surface area contributed by atoms with Crippen LogP contribution in [-0.2, 0) is 0 Å². The summed E-state index contributed by atoms with van der Waals surface area (Å²) < 4.78 is 7.41. The fourth-order valence-corrected chi connectivity index (χ4v) is 3.35. The van der Waals surface area contributed by atoms with E-state index in [9.17, 15) is 0 Å². The van der Waals surface area contributed by atoms with Gasteiger partial charge in [0.2, 0.25) is 5.88 Å². The predicted molar refractivity (Wildman–Crippen MR) is 96.2 cm³/mol. The molecule has 3 heterocycles. The Morgan fingerprint density at radius 3 is 3.12 bits per heavy atom. The first-order valence-corrected chi connectivity index (χ1v) is 7.98. The Morgan fingerprint density at radius 1 is 1.54 bits per heavy atom. The molecule has 0 bridgehead atoms. The normalized spacial score (nSPS) is 11.6. The summed E-state index contributed by atoms with van der Waals surface area (Å²) in [6.07, 6.45) is 4.42. The predicted octanol–water partition coefficient (Wildman–Crippen LogP) is 2.64. The summed E-state index contributed by atoms with van der Waals surface area (Å²) in [5, 5.41) is 12.3. The first-order valence-electron chi connectivity index (χ1n) is 7.17. The van der Waals surface area contributed by atoms with Crippen molar-refractivity contribution in [3.05, 3.63) is 47.6 Å². The number of nitrogens with two attached hydrogens (primary N) is 1. The third-order valence-electron chi connectivity index (χ3n) is 3.30. The summed E-state index contributed by atoms with van der Waals surface area (Å²) >= 11 is 1.36. The van der Waals surface area contributed by atoms with Crippen LogP contribution in [0.25, 0.3) is 16.1 Å². The van der Waals surface area contributed by atoms with Crippen LogP contribution in [0.3, 0.4) is 0 Å². The van der Waals surface area contributed by atoms with Gasteiger partial charge in [-0.1, -0.05) is 18.7 Å². The summed E-state index contributed by atoms with van der Waals surface area (Å²) in [6, 6.07) is 5.86. The second kappa shape index (κ2) is 6.63. The average molecular weight is 340 g/mol. The molecular formula is C16H16N6OS. The van der Waals surface area contributed by atoms with Crippen LogP contribution in [0.15, 0.2) is 42.0 Å². The van der Waals surface area contributed by atoms with Crippen molar-refractivity contribution in [3.63, 3.8) is 0 Å². The average Bonchev–Trinajstić information content (AvgIpc) is 3.12. The second-order valence-electron chi connectivity index (χ2n) is 4.89. The number of thiazole rings is 1. The topological polar surface area (TPSA) is 102 Å². The molecule has 0 amide bonds. The lowest BCUT2D eigenvalue weighted by atomic mass is 10.2. The van der Waals surface area contributed by atoms with E-state index in [-0.39, 0.29) is 5.84 Å². The van der Waals surface area contributed by atoms with E-state index in [0.29, 0.717) is 17.4 Å². The van der Waals surface area contributed by atoms with Crippen LogP contribution in [0.5, 0.6) is 5.88 Å². The Labute approximate surface area is 142 Å². The highest BCUT2D eigenvalue weighted by Gasteiger charge is 2.21. The molecule has 3 N–H and O–H groups in total. The number of pyridine rings is 1. The van der Waals surface area contributed by atoms with Crippen molar-refractivity contribution in [1.82, 2.24) is 14.6 Å². The summed E-state index contributed by atoms with van der Waals surface area (Å²) in [6.45, 7) is 5.88. The van der Waals surface area contributed by atoms with Gasteiger partial charge in [0.1, 0.15) is 28.7 Å². The number of nitrogens with one attached hydrogen (secondary N) is 1. The molecule has 8 heteroatoms. The van der Waals surface area contributed by atoms with Gasteiger partial charge in [-0.05, 0) is 19.1 Å². The van der Waals surface area contributed by atoms with E-state index in [4.69, 9.17) is 15.9 Å². The number of aromatic nitrogens is 3. The number of rotatable bonds is 6. The first-order chi connectivity index (χ1) is 11.7. The van der Waals surface area contributed by atoms with Crippen molar-refractivity contribution >= 4 is 29.0 Å². The van der Waals surface area contributed by atoms with Crippen molar-refractivity contribution in [2.45, 2.75) is 6.92 Å². The SMILES string of the molecule is C=CCOc1nc(-c2c(C)nn3ccccc23)sc1C(N)=NC=N. The van der Waals surface area contributed by atoms with Crippen LogP contribution in [0.1, 0.15) is 10.6 Å². The minimum absolute atomic E-state index is 0.196. The molecule has 0 aliphatic rings. The van der Waals surface area contributed by atoms with Crippen molar-refractivity contribution in [2.75, 3.05) is 6.61 Å². The molecule has 0 aliphatic carbocycles. The molecule has 3 rings (SSSR count). The number of aryl methyl sites for hydroxylation is 1. The molecule has 0 atom stereocenters. The summed E-state index contributed by atoms with van der Waals surface area (Å²) in [5.74, 6) is 0.578. The van der Waals surface area contributed by atoms with Gasteiger partial charge >= 0.3 is 0 Å². The molecule has 3 aromatic rings. The molecule has 0 radical (unpaired) electrons. The third kappa shape index (κ3) is 2.79. The number of hydrogen-bond donors (Lipinski definition) is 2. The van der Waals surface area contributed by atoms with E-state index in [1.165, 1.54) is 11.3 Å². The molecule has 0 unspecified atom stereocenters. The van der Waals surface area contributed by atoms with Gasteiger partial charge < -0.3 is 10.5 Å². The maximum absolute atomic E-state index is 7.10. The number of aliphatic imine (C=N–C) groups is 1. The van der Waals surface area contributed by atoms with Crippen LogP contribution in [0.2, 0.25) is 0 Å². The Bertz CT molecular complexity index is 939. The largest absolute Gasteiger partial charge is 0.472 e. The van der Waals surface area contributed by atoms with Crippen LogP contribution in [0, 0.1) is 12.3 Å². The molecule has 0 saturated carbocycles. The number of amidine groups is 1. The zero-order chi connectivity index (χ0) is 17.1. The summed E-state index contributed by atoms with van der Waals surface area (Å²) in [4.78, 5) is 8.97. The molecule has 122 valence electrons. The van der Waals surface area contributed by atoms with Crippen molar-refractivity contribution in [2.24, 2.45) is 10.7 Å². The van der Waals surface area contributed by atoms with Gasteiger partial charge in [-0.2, -0.15) is 5.10 Å². The second-order valence-corrected chi connectivity index (χ2v) is 5.89. The molecule has 3 aromatic heterocycles. The van der Waals surface area contributed by atoms with Crippen LogP contribution >= 0.6 is 11.3 Å². The number of ether oxygens (including phenoxy) is 1. The standard InChI is InChI=1S/C16H16N6OS/c1-3-8-23-15-13(14(18)19-9-17)24-16(20-15)12-10(2)21-22-7-5-4-6-11(12)22/h3-7,9H,1,8H2,2H3,(H3,17,18,19). The van der Waals surface area contributed by atoms with E-state index in [2.05, 4.69) is 21.7 Å². The Balaban J connectivity index is 2.17. The Morgan fingerprint density at radius 2 is 2.38 bits per heavy atom. The van der Waals surface area contributed by atoms with Gasteiger partial charge in [0.05, 0.1) is 16.8 Å². The van der Waals surface area contributed by atoms with Crippen LogP contribution in [-0.4, -0.2) is 33.4 Å². The van der Waals surface area contributed by atoms with Crippen molar-refractivity contribution in [1.29, 1.82) is 5.41 Å². The fourth-order valence-electron chi connectivity index (χ4n) is 2.32. The first kappa shape index (κ1) is 15.9. The molecule has 24 heavy (non-hydrogen) atoms. The Kier molecular flexibility index (Phi) is 4.39. The molecule has 0 spiro atoms. The lowest BCUT2D eigenvalue weighted by molar-refractivity contribution is 0.351. The van der Waals surface area contributed by atoms with Crippen molar-refractivity contribution in [3.8, 4) is 16.5 Å². The smallest absolute Gasteiger partial charge is 0.236 e. The highest BCUT2D eigenvalue weighted by molar-refractivity contribution is 7.17. The van der Waals surface area contributed by atoms with E-state index in [1.807, 2.05) is 35.8 Å². The van der Waals surface area contributed by atoms with Gasteiger partial charge in [-0.15, -0.1) is 11.3 Å². The molecule has 0 saturated heterocycles. The minimum atomic E-state index is 0.196. The number of fused-ring (bicyclic) bond motifs is 1. The van der Waals surface area contributed by atoms with E-state index < -0.39 is 0 Å². The van der Waals surface area contributed by atoms with E-state index in [0.717, 1.165) is 28.1 Å². The maximum Gasteiger partial charge on any atom is 0.236 e. The molecule has 0 fully saturated rings. The monoisotopic (exact) mass is 340 g/mol. The van der Waals surface area contributed by atoms with E-state index >= 15 is 0 Å². The van der Waals surface area contributed by atoms with Gasteiger partial charge in [0.15, 0.2) is 0 Å². The Hall–Kier alpha value is -3.00. The zero-order valence-electron chi connectivity index (χ0n) is 13.1. The van der Waals surface area contributed by atoms with Crippen LogP contribution in [0.4, 0.5) is 0 Å². The molecule has 0 aliphatic heterocycles. The quantitative estimate of drug-likeness (QED) is 0.409. The number of nitrogens with zero attached hydrogens (tertiary/aromatic N) is 4. The van der Waals surface area contributed by atoms with Gasteiger partial charge in [0.25, 0.3) is 0 Å². The lowest BCUT2D eigenvalue weighted by Crippen LogP contribution is -2.13. The minimum Gasteiger partial charge on any atom is -0.472 e. The van der Waals surface area contributed by atoms with Gasteiger partial charge in [-0.3, -0.25) is 5.41 Å². The zero-order valence-corrected chi connectivity index (χ0v) is 13.9. The van der Waals surface area contributed by atoms with Gasteiger partial charge in [-0.25, -0.2) is 14.5 Å². The molecular weight excluding hydrogens is 324 g/mol. The molecule has 0 aromatic carbocycles. The third-order valence-corrected chi connectivity index (χ3v) is 4.38. The van der Waals surface area contributed by atoms with Crippen molar-refractivity contribution < 1.29 is 4.74 Å². The summed E-state index contributed by atoms with van der Waals surface area (Å²) in [5.41, 5.74) is 8.68. The highest BCUT2D eigenvalue weighted by atomic mass is 32.1. The highest BCUT2D eigenvalue weighted by Crippen LogP contribution is 2.36. The number of hydrogen-bond acceptors (Lipinski definition) is 5. The maximum atomic E-state index is 7.10. The molecule has 7 nitrogen and oxygen atoms in total. The van der Waals surface area contributed by atoms with E-state index in [1.54, 1.807) is 6.08 Å².